The summed E-state index contributed by atoms with van der Waals surface area (Å²) in [5.74, 6) is -0.507. The van der Waals surface area contributed by atoms with Crippen LogP contribution in [0.3, 0.4) is 0 Å². The number of hydrogen-bond donors (Lipinski definition) is 0. The zero-order valence-electron chi connectivity index (χ0n) is 8.11. The van der Waals surface area contributed by atoms with E-state index in [1.165, 1.54) is 12.1 Å². The number of rotatable bonds is 3. The lowest BCUT2D eigenvalue weighted by atomic mass is 10.3. The van der Waals surface area contributed by atoms with Crippen molar-refractivity contribution in [1.82, 2.24) is 0 Å². The fourth-order valence-corrected chi connectivity index (χ4v) is 3.04. The average molecular weight is 307 g/mol. The SMILES string of the molecule is C=C(C1CO1)S(=O)(=O)c1ccc(F)c(Br)c1. The summed E-state index contributed by atoms with van der Waals surface area (Å²) >= 11 is 2.94. The van der Waals surface area contributed by atoms with Crippen molar-refractivity contribution in [2.45, 2.75) is 11.0 Å². The van der Waals surface area contributed by atoms with Gasteiger partial charge in [0.2, 0.25) is 9.84 Å². The zero-order chi connectivity index (χ0) is 11.9. The van der Waals surface area contributed by atoms with E-state index >= 15 is 0 Å². The molecule has 1 aromatic rings. The highest BCUT2D eigenvalue weighted by atomic mass is 79.9. The molecule has 0 aliphatic carbocycles. The number of epoxide rings is 1. The van der Waals surface area contributed by atoms with Gasteiger partial charge in [-0.15, -0.1) is 0 Å². The second kappa shape index (κ2) is 3.94. The molecule has 0 aromatic heterocycles. The van der Waals surface area contributed by atoms with Crippen molar-refractivity contribution in [3.8, 4) is 0 Å². The Morgan fingerprint density at radius 3 is 2.69 bits per heavy atom. The number of hydrogen-bond acceptors (Lipinski definition) is 3. The molecule has 86 valence electrons. The molecule has 1 aliphatic heterocycles. The topological polar surface area (TPSA) is 46.7 Å². The van der Waals surface area contributed by atoms with Crippen LogP contribution in [0.25, 0.3) is 0 Å². The van der Waals surface area contributed by atoms with Crippen LogP contribution in [-0.2, 0) is 14.6 Å². The first-order valence-corrected chi connectivity index (χ1v) is 6.71. The van der Waals surface area contributed by atoms with E-state index in [1.54, 1.807) is 0 Å². The molecule has 1 aliphatic rings. The molecule has 0 spiro atoms. The van der Waals surface area contributed by atoms with Gasteiger partial charge in [-0.1, -0.05) is 6.58 Å². The smallest absolute Gasteiger partial charge is 0.204 e. The highest BCUT2D eigenvalue weighted by molar-refractivity contribution is 9.10. The molecule has 0 N–H and O–H groups in total. The molecule has 1 atom stereocenters. The first kappa shape index (κ1) is 11.8. The van der Waals surface area contributed by atoms with Crippen molar-refractivity contribution >= 4 is 25.8 Å². The van der Waals surface area contributed by atoms with E-state index in [0.29, 0.717) is 6.61 Å². The molecule has 6 heteroatoms. The Balaban J connectivity index is 2.42. The average Bonchev–Trinajstić information content (AvgIpc) is 3.04. The summed E-state index contributed by atoms with van der Waals surface area (Å²) in [6.45, 7) is 3.87. The van der Waals surface area contributed by atoms with Gasteiger partial charge in [-0.05, 0) is 34.1 Å². The molecule has 1 unspecified atom stereocenters. The number of benzene rings is 1. The zero-order valence-corrected chi connectivity index (χ0v) is 10.5. The largest absolute Gasteiger partial charge is 0.367 e. The Bertz CT molecular complexity index is 549. The molecule has 1 heterocycles. The van der Waals surface area contributed by atoms with Crippen LogP contribution >= 0.6 is 15.9 Å². The van der Waals surface area contributed by atoms with Crippen LogP contribution in [0.4, 0.5) is 4.39 Å². The molecule has 0 radical (unpaired) electrons. The summed E-state index contributed by atoms with van der Waals surface area (Å²) in [5, 5.41) is 0. The highest BCUT2D eigenvalue weighted by Crippen LogP contribution is 2.30. The number of sulfone groups is 1. The monoisotopic (exact) mass is 306 g/mol. The summed E-state index contributed by atoms with van der Waals surface area (Å²) in [6.07, 6.45) is -0.422. The standard InChI is InChI=1S/C10H8BrFO3S/c1-6(10-5-15-10)16(13,14)7-2-3-9(12)8(11)4-7/h2-4,10H,1,5H2. The van der Waals surface area contributed by atoms with Crippen molar-refractivity contribution in [3.05, 3.63) is 40.0 Å². The van der Waals surface area contributed by atoms with Crippen molar-refractivity contribution in [2.24, 2.45) is 0 Å². The minimum atomic E-state index is -3.63. The van der Waals surface area contributed by atoms with Crippen LogP contribution in [0.5, 0.6) is 0 Å². The predicted molar refractivity (Wildman–Crippen MR) is 60.2 cm³/mol. The summed E-state index contributed by atoms with van der Waals surface area (Å²) < 4.78 is 41.9. The van der Waals surface area contributed by atoms with Gasteiger partial charge < -0.3 is 4.74 Å². The van der Waals surface area contributed by atoms with Crippen molar-refractivity contribution in [2.75, 3.05) is 6.61 Å². The lowest BCUT2D eigenvalue weighted by Gasteiger charge is -2.05. The number of halogens is 2. The molecule has 0 amide bonds. The third-order valence-corrected chi connectivity index (χ3v) is 4.67. The molecule has 0 bridgehead atoms. The normalized spacial score (nSPS) is 19.5. The third kappa shape index (κ3) is 2.05. The maximum absolute atomic E-state index is 13.0. The van der Waals surface area contributed by atoms with Gasteiger partial charge in [-0.25, -0.2) is 12.8 Å². The van der Waals surface area contributed by atoms with Crippen molar-refractivity contribution in [3.63, 3.8) is 0 Å². The molecule has 1 aromatic carbocycles. The molecule has 1 fully saturated rings. The van der Waals surface area contributed by atoms with Crippen LogP contribution < -0.4 is 0 Å². The minimum absolute atomic E-state index is 0.0151. The lowest BCUT2D eigenvalue weighted by Crippen LogP contribution is -2.08. The van der Waals surface area contributed by atoms with E-state index in [4.69, 9.17) is 4.74 Å². The van der Waals surface area contributed by atoms with Gasteiger partial charge in [0.05, 0.1) is 20.9 Å². The van der Waals surface area contributed by atoms with E-state index in [9.17, 15) is 12.8 Å². The maximum Gasteiger partial charge on any atom is 0.204 e. The summed E-state index contributed by atoms with van der Waals surface area (Å²) in [7, 11) is -3.63. The third-order valence-electron chi connectivity index (χ3n) is 2.24. The first-order chi connectivity index (χ1) is 7.43. The van der Waals surface area contributed by atoms with E-state index in [1.807, 2.05) is 0 Å². The fourth-order valence-electron chi connectivity index (χ4n) is 1.20. The fraction of sp³-hybridized carbons (Fsp3) is 0.200. The summed E-state index contributed by atoms with van der Waals surface area (Å²) in [5.41, 5.74) is 0. The van der Waals surface area contributed by atoms with Crippen LogP contribution in [0.2, 0.25) is 0 Å². The summed E-state index contributed by atoms with van der Waals surface area (Å²) in [6, 6.07) is 3.53. The van der Waals surface area contributed by atoms with Gasteiger partial charge >= 0.3 is 0 Å². The Kier molecular flexibility index (Phi) is 2.90. The Hall–Kier alpha value is -0.720. The maximum atomic E-state index is 13.0. The van der Waals surface area contributed by atoms with Crippen molar-refractivity contribution < 1.29 is 17.5 Å². The van der Waals surface area contributed by atoms with Gasteiger partial charge in [-0.2, -0.15) is 0 Å². The molecule has 1 saturated heterocycles. The van der Waals surface area contributed by atoms with E-state index in [2.05, 4.69) is 22.5 Å². The van der Waals surface area contributed by atoms with Gasteiger partial charge in [0.25, 0.3) is 0 Å². The van der Waals surface area contributed by atoms with E-state index in [0.717, 1.165) is 6.07 Å². The second-order valence-corrected chi connectivity index (χ2v) is 6.22. The Labute approximate surface area is 101 Å². The van der Waals surface area contributed by atoms with E-state index < -0.39 is 21.8 Å². The predicted octanol–water partition coefficient (Wildman–Crippen LogP) is 2.27. The Morgan fingerprint density at radius 1 is 1.56 bits per heavy atom. The summed E-state index contributed by atoms with van der Waals surface area (Å²) in [4.78, 5) is 0.0345. The van der Waals surface area contributed by atoms with Gasteiger partial charge in [0, 0.05) is 0 Å². The molecule has 3 nitrogen and oxygen atoms in total. The molecule has 2 rings (SSSR count). The van der Waals surface area contributed by atoms with Crippen LogP contribution in [0.15, 0.2) is 39.1 Å². The lowest BCUT2D eigenvalue weighted by molar-refractivity contribution is 0.436. The molecular formula is C10H8BrFO3S. The number of ether oxygens (including phenoxy) is 1. The quantitative estimate of drug-likeness (QED) is 0.636. The Morgan fingerprint density at radius 2 is 2.19 bits per heavy atom. The van der Waals surface area contributed by atoms with Crippen molar-refractivity contribution in [1.29, 1.82) is 0 Å². The van der Waals surface area contributed by atoms with Crippen LogP contribution in [0, 0.1) is 5.82 Å². The minimum Gasteiger partial charge on any atom is -0.367 e. The second-order valence-electron chi connectivity index (χ2n) is 3.37. The van der Waals surface area contributed by atoms with Gasteiger partial charge in [0.1, 0.15) is 11.9 Å². The first-order valence-electron chi connectivity index (χ1n) is 4.43. The molecular weight excluding hydrogens is 299 g/mol. The van der Waals surface area contributed by atoms with E-state index in [-0.39, 0.29) is 14.3 Å². The van der Waals surface area contributed by atoms with Gasteiger partial charge in [-0.3, -0.25) is 0 Å². The molecule has 16 heavy (non-hydrogen) atoms. The van der Waals surface area contributed by atoms with Crippen LogP contribution in [-0.4, -0.2) is 21.1 Å². The highest BCUT2D eigenvalue weighted by Gasteiger charge is 2.35. The molecule has 0 saturated carbocycles. The van der Waals surface area contributed by atoms with Crippen LogP contribution in [0.1, 0.15) is 0 Å². The van der Waals surface area contributed by atoms with Gasteiger partial charge in [0.15, 0.2) is 0 Å².